The van der Waals surface area contributed by atoms with Crippen LogP contribution in [0.2, 0.25) is 0 Å². The third-order valence-corrected chi connectivity index (χ3v) is 5.40. The van der Waals surface area contributed by atoms with Gasteiger partial charge >= 0.3 is 0 Å². The summed E-state index contributed by atoms with van der Waals surface area (Å²) in [5, 5.41) is 18.3. The minimum absolute atomic E-state index is 0.0509. The van der Waals surface area contributed by atoms with Crippen LogP contribution >= 0.6 is 11.8 Å². The van der Waals surface area contributed by atoms with Crippen LogP contribution in [0.3, 0.4) is 0 Å². The van der Waals surface area contributed by atoms with E-state index in [1.54, 1.807) is 4.90 Å². The van der Waals surface area contributed by atoms with Crippen LogP contribution in [0.5, 0.6) is 0 Å². The van der Waals surface area contributed by atoms with Gasteiger partial charge in [-0.05, 0) is 19.1 Å². The molecule has 1 aliphatic rings. The Morgan fingerprint density at radius 1 is 1.29 bits per heavy atom. The molecule has 8 nitrogen and oxygen atoms in total. The number of rotatable bonds is 8. The lowest BCUT2D eigenvalue weighted by Gasteiger charge is -2.27. The molecular weight excluding hydrogens is 376 g/mol. The molecule has 1 aliphatic heterocycles. The van der Waals surface area contributed by atoms with E-state index in [9.17, 15) is 4.79 Å². The van der Waals surface area contributed by atoms with Crippen molar-refractivity contribution < 1.29 is 9.53 Å². The minimum atomic E-state index is -0.0509. The number of anilines is 2. The molecule has 0 aliphatic carbocycles. The van der Waals surface area contributed by atoms with Crippen LogP contribution in [-0.4, -0.2) is 59.3 Å². The Balaban J connectivity index is 1.69. The Morgan fingerprint density at radius 2 is 2.04 bits per heavy atom. The molecule has 2 aromatic rings. The summed E-state index contributed by atoms with van der Waals surface area (Å²) in [6.45, 7) is 6.09. The van der Waals surface area contributed by atoms with Gasteiger partial charge in [-0.2, -0.15) is 5.26 Å². The molecule has 1 fully saturated rings. The largest absolute Gasteiger partial charge is 0.378 e. The predicted octanol–water partition coefficient (Wildman–Crippen LogP) is 2.17. The monoisotopic (exact) mass is 400 g/mol. The molecule has 1 amide bonds. The van der Waals surface area contributed by atoms with Gasteiger partial charge in [0.1, 0.15) is 0 Å². The second-order valence-electron chi connectivity index (χ2n) is 6.20. The summed E-state index contributed by atoms with van der Waals surface area (Å²) in [5.41, 5.74) is 0.800. The molecule has 0 N–H and O–H groups in total. The Hall–Kier alpha value is -2.57. The lowest BCUT2D eigenvalue weighted by molar-refractivity contribution is -0.116. The summed E-state index contributed by atoms with van der Waals surface area (Å²) in [5.74, 6) is 1.01. The average molecular weight is 401 g/mol. The van der Waals surface area contributed by atoms with Crippen LogP contribution in [0, 0.1) is 11.3 Å². The lowest BCUT2D eigenvalue weighted by Crippen LogP contribution is -2.38. The van der Waals surface area contributed by atoms with Gasteiger partial charge in [0.15, 0.2) is 5.16 Å². The van der Waals surface area contributed by atoms with Crippen LogP contribution in [0.1, 0.15) is 13.3 Å². The molecule has 0 radical (unpaired) electrons. The molecule has 148 valence electrons. The second kappa shape index (κ2) is 10.1. The van der Waals surface area contributed by atoms with Gasteiger partial charge in [0.05, 0.1) is 31.5 Å². The molecule has 0 unspecified atom stereocenters. The van der Waals surface area contributed by atoms with Gasteiger partial charge in [0.25, 0.3) is 0 Å². The Labute approximate surface area is 169 Å². The van der Waals surface area contributed by atoms with Crippen molar-refractivity contribution in [3.05, 3.63) is 30.3 Å². The molecule has 28 heavy (non-hydrogen) atoms. The smallest absolute Gasteiger partial charge is 0.237 e. The number of ether oxygens (including phenoxy) is 1. The van der Waals surface area contributed by atoms with Gasteiger partial charge in [-0.1, -0.05) is 30.0 Å². The van der Waals surface area contributed by atoms with Gasteiger partial charge in [-0.3, -0.25) is 9.36 Å². The van der Waals surface area contributed by atoms with Crippen molar-refractivity contribution in [3.63, 3.8) is 0 Å². The molecule has 1 aromatic carbocycles. The number of hydrogen-bond acceptors (Lipinski definition) is 7. The van der Waals surface area contributed by atoms with E-state index < -0.39 is 0 Å². The van der Waals surface area contributed by atoms with Crippen LogP contribution in [0.15, 0.2) is 35.5 Å². The summed E-state index contributed by atoms with van der Waals surface area (Å²) >= 11 is 1.38. The maximum absolute atomic E-state index is 12.8. The minimum Gasteiger partial charge on any atom is -0.378 e. The Morgan fingerprint density at radius 3 is 2.71 bits per heavy atom. The SMILES string of the molecule is CCn1c(SCC(=O)N(CCC#N)c2ccccc2)nnc1N1CCOCC1. The van der Waals surface area contributed by atoms with Crippen molar-refractivity contribution in [2.24, 2.45) is 0 Å². The number of aromatic nitrogens is 3. The standard InChI is InChI=1S/C19H24N6O2S/c1-2-24-18(23-11-13-27-14-12-23)21-22-19(24)28-15-17(26)25(10-6-9-20)16-7-4-3-5-8-16/h3-5,7-8H,2,6,10-15H2,1H3. The first-order chi connectivity index (χ1) is 13.7. The van der Waals surface area contributed by atoms with Crippen molar-refractivity contribution in [2.45, 2.75) is 25.0 Å². The summed E-state index contributed by atoms with van der Waals surface area (Å²) in [7, 11) is 0. The molecule has 3 rings (SSSR count). The topological polar surface area (TPSA) is 87.3 Å². The van der Waals surface area contributed by atoms with E-state index in [2.05, 4.69) is 21.2 Å². The number of amides is 1. The fourth-order valence-electron chi connectivity index (χ4n) is 3.03. The highest BCUT2D eigenvalue weighted by Crippen LogP contribution is 2.24. The highest BCUT2D eigenvalue weighted by molar-refractivity contribution is 7.99. The number of para-hydroxylation sites is 1. The maximum atomic E-state index is 12.8. The van der Waals surface area contributed by atoms with E-state index in [0.29, 0.717) is 19.8 Å². The van der Waals surface area contributed by atoms with E-state index in [-0.39, 0.29) is 18.1 Å². The van der Waals surface area contributed by atoms with Crippen molar-refractivity contribution in [1.29, 1.82) is 5.26 Å². The van der Waals surface area contributed by atoms with Crippen molar-refractivity contribution in [3.8, 4) is 6.07 Å². The first kappa shape index (κ1) is 20.2. The molecule has 0 atom stereocenters. The van der Waals surface area contributed by atoms with Crippen LogP contribution in [0.25, 0.3) is 0 Å². The van der Waals surface area contributed by atoms with Gasteiger partial charge in [0.2, 0.25) is 11.9 Å². The fourth-order valence-corrected chi connectivity index (χ4v) is 3.91. The second-order valence-corrected chi connectivity index (χ2v) is 7.15. The maximum Gasteiger partial charge on any atom is 0.237 e. The average Bonchev–Trinajstić information content (AvgIpc) is 3.17. The first-order valence-electron chi connectivity index (χ1n) is 9.35. The third-order valence-electron chi connectivity index (χ3n) is 4.45. The Kier molecular flexibility index (Phi) is 7.28. The molecular formula is C19H24N6O2S. The number of thioether (sulfide) groups is 1. The summed E-state index contributed by atoms with van der Waals surface area (Å²) in [6.07, 6.45) is 0.289. The third kappa shape index (κ3) is 4.82. The van der Waals surface area contributed by atoms with E-state index in [1.165, 1.54) is 11.8 Å². The van der Waals surface area contributed by atoms with Crippen molar-refractivity contribution >= 4 is 29.3 Å². The van der Waals surface area contributed by atoms with Gasteiger partial charge < -0.3 is 14.5 Å². The lowest BCUT2D eigenvalue weighted by atomic mass is 10.2. The molecule has 0 bridgehead atoms. The van der Waals surface area contributed by atoms with E-state index >= 15 is 0 Å². The number of carbonyl (C=O) groups excluding carboxylic acids is 1. The molecule has 0 saturated carbocycles. The van der Waals surface area contributed by atoms with E-state index in [1.807, 2.05) is 41.8 Å². The zero-order chi connectivity index (χ0) is 19.8. The van der Waals surface area contributed by atoms with Crippen LogP contribution in [0.4, 0.5) is 11.6 Å². The van der Waals surface area contributed by atoms with Gasteiger partial charge in [-0.25, -0.2) is 0 Å². The number of morpholine rings is 1. The molecule has 2 heterocycles. The summed E-state index contributed by atoms with van der Waals surface area (Å²) in [4.78, 5) is 16.7. The first-order valence-corrected chi connectivity index (χ1v) is 10.3. The van der Waals surface area contributed by atoms with Crippen molar-refractivity contribution in [1.82, 2.24) is 14.8 Å². The Bertz CT molecular complexity index is 814. The van der Waals surface area contributed by atoms with Crippen LogP contribution < -0.4 is 9.80 Å². The van der Waals surface area contributed by atoms with Gasteiger partial charge in [0, 0.05) is 31.9 Å². The van der Waals surface area contributed by atoms with E-state index in [4.69, 9.17) is 10.00 Å². The number of nitrogens with zero attached hydrogens (tertiary/aromatic N) is 6. The molecule has 1 aromatic heterocycles. The number of nitriles is 1. The zero-order valence-corrected chi connectivity index (χ0v) is 16.8. The predicted molar refractivity (Wildman–Crippen MR) is 108 cm³/mol. The highest BCUT2D eigenvalue weighted by Gasteiger charge is 2.22. The fraction of sp³-hybridized carbons (Fsp3) is 0.474. The molecule has 1 saturated heterocycles. The molecule has 9 heteroatoms. The quantitative estimate of drug-likeness (QED) is 0.628. The number of hydrogen-bond donors (Lipinski definition) is 0. The summed E-state index contributed by atoms with van der Waals surface area (Å²) in [6, 6.07) is 11.5. The normalized spacial score (nSPS) is 13.9. The highest BCUT2D eigenvalue weighted by atomic mass is 32.2. The van der Waals surface area contributed by atoms with Crippen LogP contribution in [-0.2, 0) is 16.1 Å². The molecule has 0 spiro atoms. The summed E-state index contributed by atoms with van der Waals surface area (Å²) < 4.78 is 7.44. The van der Waals surface area contributed by atoms with Gasteiger partial charge in [-0.15, -0.1) is 10.2 Å². The van der Waals surface area contributed by atoms with Crippen molar-refractivity contribution in [2.75, 3.05) is 48.4 Å². The number of benzene rings is 1. The zero-order valence-electron chi connectivity index (χ0n) is 16.0. The number of carbonyl (C=O) groups is 1. The van der Waals surface area contributed by atoms with E-state index in [0.717, 1.165) is 36.4 Å².